The van der Waals surface area contributed by atoms with Crippen LogP contribution in [-0.4, -0.2) is 21.6 Å². The predicted octanol–water partition coefficient (Wildman–Crippen LogP) is 4.51. The van der Waals surface area contributed by atoms with Crippen LogP contribution in [-0.2, 0) is 4.79 Å². The lowest BCUT2D eigenvalue weighted by atomic mass is 10.1. The Morgan fingerprint density at radius 2 is 2.04 bits per heavy atom. The molecule has 1 N–H and O–H groups in total. The van der Waals surface area contributed by atoms with Crippen molar-refractivity contribution in [3.63, 3.8) is 0 Å². The molecule has 0 saturated heterocycles. The minimum absolute atomic E-state index is 0.306. The molecule has 0 aliphatic rings. The predicted molar refractivity (Wildman–Crippen MR) is 98.2 cm³/mol. The van der Waals surface area contributed by atoms with Crippen LogP contribution in [0.25, 0.3) is 11.3 Å². The fourth-order valence-electron chi connectivity index (χ4n) is 2.07. The summed E-state index contributed by atoms with van der Waals surface area (Å²) in [5, 5.41) is 8.63. The van der Waals surface area contributed by atoms with Gasteiger partial charge in [-0.15, -0.1) is 5.10 Å². The van der Waals surface area contributed by atoms with Crippen molar-refractivity contribution < 1.29 is 13.9 Å². The average molecular weight is 422 g/mol. The van der Waals surface area contributed by atoms with E-state index >= 15 is 0 Å². The van der Waals surface area contributed by atoms with Crippen LogP contribution >= 0.6 is 27.5 Å². The number of carbonyl (C=O) groups is 1. The third kappa shape index (κ3) is 4.40. The first-order valence-corrected chi connectivity index (χ1v) is 8.96. The third-order valence-electron chi connectivity index (χ3n) is 3.38. The van der Waals surface area contributed by atoms with E-state index in [1.54, 1.807) is 19.1 Å². The van der Waals surface area contributed by atoms with E-state index in [4.69, 9.17) is 4.74 Å². The molecule has 128 valence electrons. The fourth-order valence-corrected chi connectivity index (χ4v) is 2.98. The number of ether oxygens (including phenoxy) is 1. The summed E-state index contributed by atoms with van der Waals surface area (Å²) in [6.07, 6.45) is -0.746. The lowest BCUT2D eigenvalue weighted by molar-refractivity contribution is -0.122. The molecule has 1 amide bonds. The first kappa shape index (κ1) is 17.5. The zero-order valence-electron chi connectivity index (χ0n) is 13.1. The number of amides is 1. The van der Waals surface area contributed by atoms with Gasteiger partial charge in [0.15, 0.2) is 6.10 Å². The fraction of sp³-hybridized carbons (Fsp3) is 0.118. The van der Waals surface area contributed by atoms with E-state index in [-0.39, 0.29) is 11.7 Å². The van der Waals surface area contributed by atoms with Crippen molar-refractivity contribution in [2.75, 3.05) is 5.32 Å². The Morgan fingerprint density at radius 1 is 1.28 bits per heavy atom. The first-order chi connectivity index (χ1) is 12.0. The number of carbonyl (C=O) groups excluding carboxylic acids is 1. The number of nitrogens with one attached hydrogen (secondary N) is 1. The van der Waals surface area contributed by atoms with Crippen molar-refractivity contribution in [1.82, 2.24) is 9.59 Å². The maximum absolute atomic E-state index is 13.1. The molecule has 0 aliphatic heterocycles. The van der Waals surface area contributed by atoms with Crippen molar-refractivity contribution in [3.8, 4) is 17.0 Å². The largest absolute Gasteiger partial charge is 0.480 e. The Morgan fingerprint density at radius 3 is 2.68 bits per heavy atom. The Labute approximate surface area is 156 Å². The highest BCUT2D eigenvalue weighted by molar-refractivity contribution is 9.10. The van der Waals surface area contributed by atoms with E-state index in [0.717, 1.165) is 11.3 Å². The van der Waals surface area contributed by atoms with Crippen LogP contribution in [0.3, 0.4) is 0 Å². The van der Waals surface area contributed by atoms with Gasteiger partial charge in [0.1, 0.15) is 17.3 Å². The van der Waals surface area contributed by atoms with Crippen LogP contribution in [0.5, 0.6) is 5.75 Å². The third-order valence-corrected chi connectivity index (χ3v) is 4.50. The van der Waals surface area contributed by atoms with Crippen molar-refractivity contribution >= 4 is 39.1 Å². The van der Waals surface area contributed by atoms with Gasteiger partial charge in [-0.2, -0.15) is 0 Å². The zero-order chi connectivity index (χ0) is 17.8. The van der Waals surface area contributed by atoms with E-state index in [1.165, 1.54) is 29.7 Å². The standard InChI is InChI=1S/C17H13BrFN3O2S/c1-10(24-16-7-4-12(19)8-14(16)18)17(23)20-13-5-2-11(3-6-13)15-9-25-22-21-15/h2-10H,1H3,(H,20,23). The summed E-state index contributed by atoms with van der Waals surface area (Å²) >= 11 is 4.49. The van der Waals surface area contributed by atoms with E-state index in [1.807, 2.05) is 17.5 Å². The molecule has 1 atom stereocenters. The Bertz CT molecular complexity index is 872. The molecule has 0 saturated carbocycles. The number of hydrogen-bond acceptors (Lipinski definition) is 5. The number of anilines is 1. The Balaban J connectivity index is 1.63. The van der Waals surface area contributed by atoms with Crippen LogP contribution in [0.1, 0.15) is 6.92 Å². The molecule has 25 heavy (non-hydrogen) atoms. The van der Waals surface area contributed by atoms with Crippen molar-refractivity contribution in [2.24, 2.45) is 0 Å². The molecule has 1 heterocycles. The van der Waals surface area contributed by atoms with Crippen LogP contribution in [0.2, 0.25) is 0 Å². The van der Waals surface area contributed by atoms with E-state index < -0.39 is 6.10 Å². The average Bonchev–Trinajstić information content (AvgIpc) is 3.12. The lowest BCUT2D eigenvalue weighted by Gasteiger charge is -2.16. The second kappa shape index (κ2) is 7.71. The van der Waals surface area contributed by atoms with Gasteiger partial charge < -0.3 is 10.1 Å². The zero-order valence-corrected chi connectivity index (χ0v) is 15.5. The number of halogens is 2. The smallest absolute Gasteiger partial charge is 0.265 e. The highest BCUT2D eigenvalue weighted by atomic mass is 79.9. The first-order valence-electron chi connectivity index (χ1n) is 7.33. The molecule has 0 aliphatic carbocycles. The molecule has 1 unspecified atom stereocenters. The van der Waals surface area contributed by atoms with Gasteiger partial charge in [-0.3, -0.25) is 4.79 Å². The van der Waals surface area contributed by atoms with E-state index in [0.29, 0.717) is 15.9 Å². The van der Waals surface area contributed by atoms with E-state index in [9.17, 15) is 9.18 Å². The van der Waals surface area contributed by atoms with Crippen LogP contribution < -0.4 is 10.1 Å². The molecule has 1 aromatic heterocycles. The maximum atomic E-state index is 13.1. The summed E-state index contributed by atoms with van der Waals surface area (Å²) in [6.45, 7) is 1.63. The normalized spacial score (nSPS) is 11.8. The molecule has 5 nitrogen and oxygen atoms in total. The summed E-state index contributed by atoms with van der Waals surface area (Å²) in [6, 6.07) is 11.3. The van der Waals surface area contributed by atoms with Gasteiger partial charge in [-0.25, -0.2) is 4.39 Å². The molecule has 0 spiro atoms. The van der Waals surface area contributed by atoms with Crippen LogP contribution in [0.4, 0.5) is 10.1 Å². The van der Waals surface area contributed by atoms with E-state index in [2.05, 4.69) is 30.8 Å². The van der Waals surface area contributed by atoms with Gasteiger partial charge in [0.25, 0.3) is 5.91 Å². The quantitative estimate of drug-likeness (QED) is 0.657. The van der Waals surface area contributed by atoms with Gasteiger partial charge in [0.2, 0.25) is 0 Å². The molecule has 0 fully saturated rings. The molecule has 3 aromatic rings. The number of benzene rings is 2. The summed E-state index contributed by atoms with van der Waals surface area (Å²) < 4.78 is 22.9. The summed E-state index contributed by atoms with van der Waals surface area (Å²) in [5.74, 6) is -0.290. The van der Waals surface area contributed by atoms with Crippen molar-refractivity contribution in [1.29, 1.82) is 0 Å². The number of hydrogen-bond donors (Lipinski definition) is 1. The van der Waals surface area contributed by atoms with Gasteiger partial charge in [-0.1, -0.05) is 16.6 Å². The number of nitrogens with zero attached hydrogens (tertiary/aromatic N) is 2. The molecule has 0 radical (unpaired) electrons. The second-order valence-electron chi connectivity index (χ2n) is 5.19. The van der Waals surface area contributed by atoms with Gasteiger partial charge >= 0.3 is 0 Å². The maximum Gasteiger partial charge on any atom is 0.265 e. The molecular formula is C17H13BrFN3O2S. The minimum Gasteiger partial charge on any atom is -0.480 e. The van der Waals surface area contributed by atoms with Crippen molar-refractivity contribution in [3.05, 3.63) is 58.1 Å². The molecule has 8 heteroatoms. The molecule has 0 bridgehead atoms. The molecular weight excluding hydrogens is 409 g/mol. The SMILES string of the molecule is CC(Oc1ccc(F)cc1Br)C(=O)Nc1ccc(-c2csnn2)cc1. The number of rotatable bonds is 5. The monoisotopic (exact) mass is 421 g/mol. The van der Waals surface area contributed by atoms with Gasteiger partial charge in [0.05, 0.1) is 4.47 Å². The van der Waals surface area contributed by atoms with Gasteiger partial charge in [0, 0.05) is 16.6 Å². The Hall–Kier alpha value is -2.32. The topological polar surface area (TPSA) is 64.1 Å². The Kier molecular flexibility index (Phi) is 5.40. The molecule has 2 aromatic carbocycles. The summed E-state index contributed by atoms with van der Waals surface area (Å²) in [4.78, 5) is 12.3. The number of aromatic nitrogens is 2. The van der Waals surface area contributed by atoms with Gasteiger partial charge in [-0.05, 0) is 64.7 Å². The lowest BCUT2D eigenvalue weighted by Crippen LogP contribution is -2.30. The van der Waals surface area contributed by atoms with Crippen LogP contribution in [0, 0.1) is 5.82 Å². The minimum atomic E-state index is -0.746. The highest BCUT2D eigenvalue weighted by Crippen LogP contribution is 2.26. The summed E-state index contributed by atoms with van der Waals surface area (Å²) in [5.41, 5.74) is 2.36. The summed E-state index contributed by atoms with van der Waals surface area (Å²) in [7, 11) is 0. The van der Waals surface area contributed by atoms with Crippen LogP contribution in [0.15, 0.2) is 52.3 Å². The van der Waals surface area contributed by atoms with Crippen molar-refractivity contribution in [2.45, 2.75) is 13.0 Å². The highest BCUT2D eigenvalue weighted by Gasteiger charge is 2.16. The second-order valence-corrected chi connectivity index (χ2v) is 6.66. The molecule has 3 rings (SSSR count).